The van der Waals surface area contributed by atoms with Crippen molar-refractivity contribution in [2.45, 2.75) is 58.8 Å². The van der Waals surface area contributed by atoms with Crippen LogP contribution in [0.1, 0.15) is 73.7 Å². The zero-order valence-electron chi connectivity index (χ0n) is 17.1. The lowest BCUT2D eigenvalue weighted by atomic mass is 9.58. The number of carboxylic acids is 1. The standard InChI is InChI=1S/C24H29NO2/c1-15-11-20-19(23(3,4)13-16(2)24(20,5)6)12-17(15)14-25-21-10-8-7-9-18(21)22(26)27/h7-12,14,16H,13H2,1-6H3,(H,26,27). The SMILES string of the molecule is Cc1cc2c(cc1C=Nc1ccccc1C(=O)O)C(C)(C)CC(C)C2(C)C. The van der Waals surface area contributed by atoms with Gasteiger partial charge in [0.15, 0.2) is 0 Å². The van der Waals surface area contributed by atoms with Crippen LogP contribution in [-0.4, -0.2) is 17.3 Å². The number of aryl methyl sites for hydroxylation is 1. The fourth-order valence-electron chi connectivity index (χ4n) is 4.26. The number of carbonyl (C=O) groups is 1. The van der Waals surface area contributed by atoms with E-state index in [0.717, 1.165) is 12.0 Å². The van der Waals surface area contributed by atoms with E-state index in [1.54, 1.807) is 24.4 Å². The normalized spacial score (nSPS) is 20.4. The number of carboxylic acid groups (broad SMARTS) is 1. The first kappa shape index (κ1) is 19.3. The van der Waals surface area contributed by atoms with Crippen LogP contribution in [-0.2, 0) is 10.8 Å². The van der Waals surface area contributed by atoms with E-state index in [-0.39, 0.29) is 16.4 Å². The lowest BCUT2D eigenvalue weighted by Crippen LogP contribution is -2.40. The monoisotopic (exact) mass is 363 g/mol. The molecule has 3 rings (SSSR count). The van der Waals surface area contributed by atoms with Gasteiger partial charge in [0.05, 0.1) is 11.3 Å². The third-order valence-corrected chi connectivity index (χ3v) is 6.36. The Kier molecular flexibility index (Phi) is 4.75. The molecular formula is C24H29NO2. The number of aromatic carboxylic acids is 1. The average molecular weight is 364 g/mol. The van der Waals surface area contributed by atoms with Crippen LogP contribution in [0.25, 0.3) is 0 Å². The third kappa shape index (κ3) is 3.43. The molecule has 1 aliphatic rings. The van der Waals surface area contributed by atoms with E-state index in [9.17, 15) is 9.90 Å². The van der Waals surface area contributed by atoms with Gasteiger partial charge in [-0.1, -0.05) is 52.8 Å². The predicted octanol–water partition coefficient (Wildman–Crippen LogP) is 6.04. The summed E-state index contributed by atoms with van der Waals surface area (Å²) < 4.78 is 0. The first-order valence-corrected chi connectivity index (χ1v) is 9.56. The van der Waals surface area contributed by atoms with Gasteiger partial charge in [-0.2, -0.15) is 0 Å². The summed E-state index contributed by atoms with van der Waals surface area (Å²) in [5.41, 5.74) is 5.97. The van der Waals surface area contributed by atoms with Crippen LogP contribution in [0.2, 0.25) is 0 Å². The Bertz CT molecular complexity index is 922. The minimum atomic E-state index is -0.957. The Balaban J connectivity index is 2.09. The van der Waals surface area contributed by atoms with E-state index in [0.29, 0.717) is 11.6 Å². The molecule has 0 radical (unpaired) electrons. The molecule has 1 unspecified atom stereocenters. The summed E-state index contributed by atoms with van der Waals surface area (Å²) in [6.07, 6.45) is 2.95. The number of aliphatic imine (C=N–C) groups is 1. The van der Waals surface area contributed by atoms with E-state index in [2.05, 4.69) is 58.7 Å². The van der Waals surface area contributed by atoms with Crippen molar-refractivity contribution in [3.05, 3.63) is 64.2 Å². The molecule has 3 nitrogen and oxygen atoms in total. The molecule has 0 bridgehead atoms. The van der Waals surface area contributed by atoms with Crippen molar-refractivity contribution in [2.24, 2.45) is 10.9 Å². The first-order chi connectivity index (χ1) is 12.5. The second kappa shape index (κ2) is 6.63. The first-order valence-electron chi connectivity index (χ1n) is 9.56. The van der Waals surface area contributed by atoms with Gasteiger partial charge in [0.25, 0.3) is 0 Å². The van der Waals surface area contributed by atoms with Gasteiger partial charge in [-0.05, 0) is 70.5 Å². The molecule has 1 N–H and O–H groups in total. The average Bonchev–Trinajstić information content (AvgIpc) is 2.58. The molecule has 0 aromatic heterocycles. The summed E-state index contributed by atoms with van der Waals surface area (Å²) in [7, 11) is 0. The summed E-state index contributed by atoms with van der Waals surface area (Å²) in [4.78, 5) is 15.9. The molecule has 1 atom stereocenters. The van der Waals surface area contributed by atoms with E-state index >= 15 is 0 Å². The van der Waals surface area contributed by atoms with E-state index in [1.165, 1.54) is 16.7 Å². The molecular weight excluding hydrogens is 334 g/mol. The van der Waals surface area contributed by atoms with Crippen molar-refractivity contribution in [1.82, 2.24) is 0 Å². The molecule has 0 spiro atoms. The zero-order chi connectivity index (χ0) is 20.0. The molecule has 1 aliphatic carbocycles. The number of hydrogen-bond donors (Lipinski definition) is 1. The molecule has 2 aromatic rings. The summed E-state index contributed by atoms with van der Waals surface area (Å²) in [5.74, 6) is -0.344. The second-order valence-electron chi connectivity index (χ2n) is 9.05. The molecule has 0 heterocycles. The van der Waals surface area contributed by atoms with Crippen LogP contribution in [0.5, 0.6) is 0 Å². The highest BCUT2D eigenvalue weighted by Crippen LogP contribution is 2.49. The van der Waals surface area contributed by atoms with Gasteiger partial charge >= 0.3 is 5.97 Å². The van der Waals surface area contributed by atoms with Crippen LogP contribution in [0, 0.1) is 12.8 Å². The molecule has 2 aromatic carbocycles. The molecule has 0 fully saturated rings. The Labute approximate surface area is 162 Å². The van der Waals surface area contributed by atoms with Gasteiger partial charge in [0.1, 0.15) is 0 Å². The summed E-state index contributed by atoms with van der Waals surface area (Å²) in [6, 6.07) is 11.4. The van der Waals surface area contributed by atoms with Crippen LogP contribution in [0.15, 0.2) is 41.4 Å². The van der Waals surface area contributed by atoms with Crippen molar-refractivity contribution in [1.29, 1.82) is 0 Å². The maximum Gasteiger partial charge on any atom is 0.337 e. The van der Waals surface area contributed by atoms with Crippen molar-refractivity contribution >= 4 is 17.9 Å². The van der Waals surface area contributed by atoms with Gasteiger partial charge in [0, 0.05) is 6.21 Å². The minimum absolute atomic E-state index is 0.111. The Hall–Kier alpha value is -2.42. The highest BCUT2D eigenvalue weighted by atomic mass is 16.4. The number of para-hydroxylation sites is 1. The largest absolute Gasteiger partial charge is 0.478 e. The fraction of sp³-hybridized carbons (Fsp3) is 0.417. The molecule has 27 heavy (non-hydrogen) atoms. The Morgan fingerprint density at radius 1 is 1.15 bits per heavy atom. The summed E-state index contributed by atoms with van der Waals surface area (Å²) in [5, 5.41) is 9.35. The zero-order valence-corrected chi connectivity index (χ0v) is 17.1. The van der Waals surface area contributed by atoms with Crippen LogP contribution in [0.3, 0.4) is 0 Å². The predicted molar refractivity (Wildman–Crippen MR) is 112 cm³/mol. The fourth-order valence-corrected chi connectivity index (χ4v) is 4.26. The molecule has 3 heteroatoms. The quantitative estimate of drug-likeness (QED) is 0.676. The number of benzene rings is 2. The lowest BCUT2D eigenvalue weighted by molar-refractivity contribution is 0.0698. The molecule has 0 saturated heterocycles. The van der Waals surface area contributed by atoms with E-state index < -0.39 is 5.97 Å². The Morgan fingerprint density at radius 3 is 2.48 bits per heavy atom. The third-order valence-electron chi connectivity index (χ3n) is 6.36. The summed E-state index contributed by atoms with van der Waals surface area (Å²) in [6.45, 7) is 13.7. The van der Waals surface area contributed by atoms with Gasteiger partial charge < -0.3 is 5.11 Å². The number of fused-ring (bicyclic) bond motifs is 1. The second-order valence-corrected chi connectivity index (χ2v) is 9.05. The van der Waals surface area contributed by atoms with Crippen molar-refractivity contribution in [3.8, 4) is 0 Å². The smallest absolute Gasteiger partial charge is 0.337 e. The van der Waals surface area contributed by atoms with Crippen molar-refractivity contribution in [2.75, 3.05) is 0 Å². The van der Waals surface area contributed by atoms with E-state index in [4.69, 9.17) is 0 Å². The highest BCUT2D eigenvalue weighted by molar-refractivity contribution is 5.95. The molecule has 142 valence electrons. The minimum Gasteiger partial charge on any atom is -0.478 e. The molecule has 0 saturated carbocycles. The lowest BCUT2D eigenvalue weighted by Gasteiger charge is -2.47. The van der Waals surface area contributed by atoms with Gasteiger partial charge in [-0.15, -0.1) is 0 Å². The maximum atomic E-state index is 11.4. The molecule has 0 amide bonds. The highest BCUT2D eigenvalue weighted by Gasteiger charge is 2.42. The number of hydrogen-bond acceptors (Lipinski definition) is 2. The van der Waals surface area contributed by atoms with Crippen molar-refractivity contribution < 1.29 is 9.90 Å². The molecule has 0 aliphatic heterocycles. The number of rotatable bonds is 3. The van der Waals surface area contributed by atoms with Crippen LogP contribution in [0.4, 0.5) is 5.69 Å². The van der Waals surface area contributed by atoms with Crippen LogP contribution >= 0.6 is 0 Å². The maximum absolute atomic E-state index is 11.4. The summed E-state index contributed by atoms with van der Waals surface area (Å²) >= 11 is 0. The number of nitrogens with zero attached hydrogens (tertiary/aromatic N) is 1. The van der Waals surface area contributed by atoms with Gasteiger partial charge in [-0.25, -0.2) is 4.79 Å². The van der Waals surface area contributed by atoms with Crippen LogP contribution < -0.4 is 0 Å². The van der Waals surface area contributed by atoms with Gasteiger partial charge in [0.2, 0.25) is 0 Å². The topological polar surface area (TPSA) is 49.7 Å². The van der Waals surface area contributed by atoms with Crippen molar-refractivity contribution in [3.63, 3.8) is 0 Å². The van der Waals surface area contributed by atoms with Gasteiger partial charge in [-0.3, -0.25) is 4.99 Å². The Morgan fingerprint density at radius 2 is 1.81 bits per heavy atom. The van der Waals surface area contributed by atoms with E-state index in [1.807, 2.05) is 6.07 Å².